The van der Waals surface area contributed by atoms with Gasteiger partial charge < -0.3 is 9.84 Å². The number of hydrogen-bond donors (Lipinski definition) is 1. The summed E-state index contributed by atoms with van der Waals surface area (Å²) in [5.74, 6) is 0.779. The third-order valence-corrected chi connectivity index (χ3v) is 5.43. The number of aryl methyl sites for hydroxylation is 1. The number of benzene rings is 2. The van der Waals surface area contributed by atoms with Crippen LogP contribution >= 0.6 is 0 Å². The molecule has 5 heteroatoms. The van der Waals surface area contributed by atoms with Gasteiger partial charge in [-0.15, -0.1) is 0 Å². The molecule has 0 aliphatic carbocycles. The lowest BCUT2D eigenvalue weighted by atomic mass is 10.1. The van der Waals surface area contributed by atoms with Crippen LogP contribution < -0.4 is 4.74 Å². The van der Waals surface area contributed by atoms with E-state index < -0.39 is 9.84 Å². The number of hydrogen-bond acceptors (Lipinski definition) is 4. The molecule has 2 aromatic carbocycles. The van der Waals surface area contributed by atoms with Crippen molar-refractivity contribution in [2.75, 3.05) is 0 Å². The largest absolute Gasteiger partial charge is 0.508 e. The monoisotopic (exact) mass is 348 g/mol. The summed E-state index contributed by atoms with van der Waals surface area (Å²) < 4.78 is 31.1. The fourth-order valence-electron chi connectivity index (χ4n) is 2.40. The van der Waals surface area contributed by atoms with Crippen molar-refractivity contribution >= 4 is 9.84 Å². The molecule has 0 spiro atoms. The first-order valence-electron chi connectivity index (χ1n) is 8.18. The number of rotatable bonds is 7. The Kier molecular flexibility index (Phi) is 5.89. The maximum absolute atomic E-state index is 12.8. The number of phenolic OH excluding ortho intramolecular Hbond substituents is 1. The molecule has 0 saturated heterocycles. The molecule has 1 N–H and O–H groups in total. The highest BCUT2D eigenvalue weighted by atomic mass is 32.2. The van der Waals surface area contributed by atoms with E-state index in [1.807, 2.05) is 13.8 Å². The summed E-state index contributed by atoms with van der Waals surface area (Å²) in [7, 11) is -3.62. The van der Waals surface area contributed by atoms with E-state index in [9.17, 15) is 13.5 Å². The molecule has 0 radical (unpaired) electrons. The van der Waals surface area contributed by atoms with Crippen molar-refractivity contribution in [3.63, 3.8) is 0 Å². The SMILES string of the molecule is CCCCc1cc(S(=O)(=O)c2ccc(OC(C)C)cc2)ccc1O. The van der Waals surface area contributed by atoms with E-state index in [2.05, 4.69) is 6.92 Å². The van der Waals surface area contributed by atoms with Crippen LogP contribution in [0.1, 0.15) is 39.2 Å². The summed E-state index contributed by atoms with van der Waals surface area (Å²) in [4.78, 5) is 0.412. The molecule has 0 bridgehead atoms. The molecular weight excluding hydrogens is 324 g/mol. The van der Waals surface area contributed by atoms with Crippen LogP contribution in [0.25, 0.3) is 0 Å². The van der Waals surface area contributed by atoms with Gasteiger partial charge in [-0.1, -0.05) is 13.3 Å². The molecular formula is C19H24O4S. The third-order valence-electron chi connectivity index (χ3n) is 3.67. The van der Waals surface area contributed by atoms with Gasteiger partial charge in [-0.25, -0.2) is 8.42 Å². The first kappa shape index (κ1) is 18.3. The Morgan fingerprint density at radius 2 is 1.67 bits per heavy atom. The Labute approximate surface area is 144 Å². The van der Waals surface area contributed by atoms with E-state index in [4.69, 9.17) is 4.74 Å². The second kappa shape index (κ2) is 7.71. The zero-order valence-electron chi connectivity index (χ0n) is 14.3. The molecule has 0 aromatic heterocycles. The van der Waals surface area contributed by atoms with Crippen molar-refractivity contribution in [1.82, 2.24) is 0 Å². The minimum atomic E-state index is -3.62. The minimum absolute atomic E-state index is 0.0330. The zero-order valence-corrected chi connectivity index (χ0v) is 15.1. The predicted octanol–water partition coefficient (Wildman–Crippen LogP) is 4.35. The lowest BCUT2D eigenvalue weighted by Gasteiger charge is -2.11. The third kappa shape index (κ3) is 4.29. The van der Waals surface area contributed by atoms with Gasteiger partial charge in [0.25, 0.3) is 0 Å². The van der Waals surface area contributed by atoms with E-state index in [1.54, 1.807) is 30.3 Å². The van der Waals surface area contributed by atoms with Gasteiger partial charge >= 0.3 is 0 Å². The van der Waals surface area contributed by atoms with Crippen LogP contribution in [0, 0.1) is 0 Å². The lowest BCUT2D eigenvalue weighted by Crippen LogP contribution is -2.06. The maximum Gasteiger partial charge on any atom is 0.206 e. The summed E-state index contributed by atoms with van der Waals surface area (Å²) in [6.07, 6.45) is 2.57. The van der Waals surface area contributed by atoms with Crippen molar-refractivity contribution < 1.29 is 18.3 Å². The highest BCUT2D eigenvalue weighted by molar-refractivity contribution is 7.91. The topological polar surface area (TPSA) is 63.6 Å². The van der Waals surface area contributed by atoms with Crippen LogP contribution in [0.15, 0.2) is 52.3 Å². The molecule has 0 unspecified atom stereocenters. The fraction of sp³-hybridized carbons (Fsp3) is 0.368. The highest BCUT2D eigenvalue weighted by Crippen LogP contribution is 2.28. The van der Waals surface area contributed by atoms with Gasteiger partial charge in [0, 0.05) is 0 Å². The fourth-order valence-corrected chi connectivity index (χ4v) is 3.71. The van der Waals surface area contributed by atoms with E-state index >= 15 is 0 Å². The van der Waals surface area contributed by atoms with Crippen LogP contribution in [0.2, 0.25) is 0 Å². The minimum Gasteiger partial charge on any atom is -0.508 e. The molecule has 0 aliphatic rings. The quantitative estimate of drug-likeness (QED) is 0.808. The molecule has 0 saturated carbocycles. The van der Waals surface area contributed by atoms with Gasteiger partial charge in [-0.3, -0.25) is 0 Å². The predicted molar refractivity (Wildman–Crippen MR) is 94.4 cm³/mol. The molecule has 24 heavy (non-hydrogen) atoms. The van der Waals surface area contributed by atoms with Gasteiger partial charge in [-0.05, 0) is 74.7 Å². The second-order valence-corrected chi connectivity index (χ2v) is 7.99. The number of sulfone groups is 1. The molecule has 2 rings (SSSR count). The van der Waals surface area contributed by atoms with Crippen LogP contribution in [0.5, 0.6) is 11.5 Å². The maximum atomic E-state index is 12.8. The van der Waals surface area contributed by atoms with Crippen LogP contribution in [-0.4, -0.2) is 19.6 Å². The van der Waals surface area contributed by atoms with Crippen molar-refractivity contribution in [3.8, 4) is 11.5 Å². The summed E-state index contributed by atoms with van der Waals surface area (Å²) in [5.41, 5.74) is 0.665. The number of unbranched alkanes of at least 4 members (excludes halogenated alkanes) is 1. The van der Waals surface area contributed by atoms with Gasteiger partial charge in [-0.2, -0.15) is 0 Å². The molecule has 0 heterocycles. The van der Waals surface area contributed by atoms with E-state index in [0.29, 0.717) is 17.7 Å². The summed E-state index contributed by atoms with van der Waals surface area (Å²) in [5, 5.41) is 9.91. The molecule has 0 aliphatic heterocycles. The number of phenols is 1. The molecule has 130 valence electrons. The molecule has 4 nitrogen and oxygen atoms in total. The Morgan fingerprint density at radius 3 is 2.25 bits per heavy atom. The summed E-state index contributed by atoms with van der Waals surface area (Å²) in [6.45, 7) is 5.89. The number of ether oxygens (including phenoxy) is 1. The highest BCUT2D eigenvalue weighted by Gasteiger charge is 2.19. The van der Waals surface area contributed by atoms with Crippen LogP contribution in [-0.2, 0) is 16.3 Å². The Bertz CT molecular complexity index is 778. The van der Waals surface area contributed by atoms with Gasteiger partial charge in [0.15, 0.2) is 0 Å². The Balaban J connectivity index is 2.32. The van der Waals surface area contributed by atoms with E-state index in [0.717, 1.165) is 12.8 Å². The van der Waals surface area contributed by atoms with Crippen molar-refractivity contribution in [1.29, 1.82) is 0 Å². The summed E-state index contributed by atoms with van der Waals surface area (Å²) >= 11 is 0. The van der Waals surface area contributed by atoms with Crippen LogP contribution in [0.4, 0.5) is 0 Å². The first-order chi connectivity index (χ1) is 11.3. The first-order valence-corrected chi connectivity index (χ1v) is 9.66. The normalized spacial score (nSPS) is 11.7. The lowest BCUT2D eigenvalue weighted by molar-refractivity contribution is 0.242. The van der Waals surface area contributed by atoms with E-state index in [1.165, 1.54) is 12.1 Å². The van der Waals surface area contributed by atoms with Crippen molar-refractivity contribution in [3.05, 3.63) is 48.0 Å². The molecule has 2 aromatic rings. The van der Waals surface area contributed by atoms with E-state index in [-0.39, 0.29) is 21.6 Å². The van der Waals surface area contributed by atoms with Gasteiger partial charge in [0.2, 0.25) is 9.84 Å². The second-order valence-electron chi connectivity index (χ2n) is 6.04. The number of aromatic hydroxyl groups is 1. The van der Waals surface area contributed by atoms with Gasteiger partial charge in [0.1, 0.15) is 11.5 Å². The van der Waals surface area contributed by atoms with Gasteiger partial charge in [0.05, 0.1) is 15.9 Å². The Hall–Kier alpha value is -2.01. The Morgan fingerprint density at radius 1 is 1.04 bits per heavy atom. The smallest absolute Gasteiger partial charge is 0.206 e. The molecule has 0 amide bonds. The average molecular weight is 348 g/mol. The standard InChI is InChI=1S/C19H24O4S/c1-4-5-6-15-13-18(11-12-19(15)20)24(21,22)17-9-7-16(8-10-17)23-14(2)3/h7-14,20H,4-6H2,1-3H3. The zero-order chi connectivity index (χ0) is 17.7. The summed E-state index contributed by atoms with van der Waals surface area (Å²) in [6, 6.07) is 10.9. The van der Waals surface area contributed by atoms with Crippen molar-refractivity contribution in [2.45, 2.75) is 55.9 Å². The van der Waals surface area contributed by atoms with Crippen LogP contribution in [0.3, 0.4) is 0 Å². The molecule has 0 atom stereocenters. The molecule has 0 fully saturated rings. The van der Waals surface area contributed by atoms with Crippen molar-refractivity contribution in [2.24, 2.45) is 0 Å². The average Bonchev–Trinajstić information content (AvgIpc) is 2.54.